The second-order valence-corrected chi connectivity index (χ2v) is 6.74. The molecule has 2 atom stereocenters. The molecule has 1 saturated heterocycles. The van der Waals surface area contributed by atoms with Gasteiger partial charge in [-0.15, -0.1) is 0 Å². The van der Waals surface area contributed by atoms with Crippen LogP contribution in [0.4, 0.5) is 0 Å². The number of benzene rings is 1. The van der Waals surface area contributed by atoms with Crippen LogP contribution in [0.15, 0.2) is 24.3 Å². The monoisotopic (exact) mass is 272 g/mol. The summed E-state index contributed by atoms with van der Waals surface area (Å²) < 4.78 is 0. The summed E-state index contributed by atoms with van der Waals surface area (Å²) in [6, 6.07) is 8.78. The lowest BCUT2D eigenvalue weighted by molar-refractivity contribution is -0.133. The third kappa shape index (κ3) is 2.05. The van der Waals surface area contributed by atoms with Gasteiger partial charge in [-0.05, 0) is 38.2 Å². The van der Waals surface area contributed by atoms with Crippen molar-refractivity contribution >= 4 is 5.91 Å². The molecule has 3 nitrogen and oxygen atoms in total. The highest BCUT2D eigenvalue weighted by atomic mass is 16.2. The van der Waals surface area contributed by atoms with Crippen LogP contribution in [-0.4, -0.2) is 22.4 Å². The van der Waals surface area contributed by atoms with Crippen molar-refractivity contribution in [3.63, 3.8) is 0 Å². The summed E-state index contributed by atoms with van der Waals surface area (Å²) in [4.78, 5) is 14.8. The Hall–Kier alpha value is -1.35. The van der Waals surface area contributed by atoms with E-state index in [2.05, 4.69) is 62.2 Å². The first-order chi connectivity index (χ1) is 9.44. The molecule has 1 aliphatic carbocycles. The highest BCUT2D eigenvalue weighted by Crippen LogP contribution is 2.47. The van der Waals surface area contributed by atoms with Crippen LogP contribution in [0.5, 0.6) is 0 Å². The minimum Gasteiger partial charge on any atom is -0.318 e. The molecule has 1 saturated carbocycles. The maximum absolute atomic E-state index is 12.7. The lowest BCUT2D eigenvalue weighted by Crippen LogP contribution is -2.41. The van der Waals surface area contributed by atoms with Crippen molar-refractivity contribution in [1.82, 2.24) is 10.2 Å². The Morgan fingerprint density at radius 2 is 1.80 bits per heavy atom. The van der Waals surface area contributed by atoms with Crippen molar-refractivity contribution in [2.24, 2.45) is 5.92 Å². The van der Waals surface area contributed by atoms with Gasteiger partial charge in [0.2, 0.25) is 5.91 Å². The topological polar surface area (TPSA) is 32.3 Å². The van der Waals surface area contributed by atoms with E-state index in [9.17, 15) is 4.79 Å². The van der Waals surface area contributed by atoms with Crippen LogP contribution in [0.25, 0.3) is 0 Å². The molecule has 3 heteroatoms. The number of hydrogen-bond acceptors (Lipinski definition) is 2. The lowest BCUT2D eigenvalue weighted by atomic mass is 10.0. The molecule has 2 fully saturated rings. The zero-order valence-corrected chi connectivity index (χ0v) is 12.8. The second kappa shape index (κ2) is 4.59. The summed E-state index contributed by atoms with van der Waals surface area (Å²) in [6.45, 7) is 8.62. The van der Waals surface area contributed by atoms with Crippen LogP contribution < -0.4 is 5.32 Å². The molecule has 1 aromatic rings. The maximum Gasteiger partial charge on any atom is 0.244 e. The van der Waals surface area contributed by atoms with Gasteiger partial charge in [0.1, 0.15) is 11.7 Å². The van der Waals surface area contributed by atoms with Gasteiger partial charge in [-0.3, -0.25) is 10.1 Å². The van der Waals surface area contributed by atoms with Gasteiger partial charge in [-0.1, -0.05) is 43.7 Å². The number of amides is 1. The predicted molar refractivity (Wildman–Crippen MR) is 80.2 cm³/mol. The molecule has 0 bridgehead atoms. The number of rotatable bonds is 3. The fraction of sp³-hybridized carbons (Fsp3) is 0.588. The van der Waals surface area contributed by atoms with Gasteiger partial charge < -0.3 is 4.90 Å². The number of carbonyl (C=O) groups excluding carboxylic acids is 1. The molecule has 2 aliphatic rings. The third-order valence-corrected chi connectivity index (χ3v) is 4.88. The highest BCUT2D eigenvalue weighted by molar-refractivity contribution is 5.92. The molecule has 20 heavy (non-hydrogen) atoms. The normalized spacial score (nSPS) is 25.6. The first-order valence-electron chi connectivity index (χ1n) is 7.62. The van der Waals surface area contributed by atoms with E-state index in [1.165, 1.54) is 11.1 Å². The van der Waals surface area contributed by atoms with E-state index in [1.807, 2.05) is 0 Å². The van der Waals surface area contributed by atoms with Gasteiger partial charge in [0.25, 0.3) is 0 Å². The van der Waals surface area contributed by atoms with E-state index in [4.69, 9.17) is 0 Å². The van der Waals surface area contributed by atoms with Crippen LogP contribution in [-0.2, 0) is 4.79 Å². The molecule has 1 heterocycles. The standard InChI is InChI=1S/C17H24N2O/c1-11(2)13(4)19-15(14-7-5-12(3)6-8-14)18-17(9-10-17)16(19)20/h5-8,11,13,15,18H,9-10H2,1-4H3. The van der Waals surface area contributed by atoms with E-state index in [0.717, 1.165) is 12.8 Å². The Morgan fingerprint density at radius 1 is 1.20 bits per heavy atom. The van der Waals surface area contributed by atoms with Gasteiger partial charge in [0.15, 0.2) is 0 Å². The summed E-state index contributed by atoms with van der Waals surface area (Å²) in [5.41, 5.74) is 2.20. The minimum absolute atomic E-state index is 0.0306. The Labute approximate surface area is 121 Å². The van der Waals surface area contributed by atoms with E-state index in [1.54, 1.807) is 0 Å². The zero-order valence-electron chi connectivity index (χ0n) is 12.8. The van der Waals surface area contributed by atoms with E-state index in [-0.39, 0.29) is 17.7 Å². The first kappa shape index (κ1) is 13.6. The molecule has 108 valence electrons. The molecule has 3 rings (SSSR count). The number of nitrogens with one attached hydrogen (secondary N) is 1. The van der Waals surface area contributed by atoms with Crippen molar-refractivity contribution in [2.75, 3.05) is 0 Å². The zero-order chi connectivity index (χ0) is 14.5. The minimum atomic E-state index is -0.251. The van der Waals surface area contributed by atoms with E-state index in [0.29, 0.717) is 11.8 Å². The average Bonchev–Trinajstić information content (AvgIpc) is 3.13. The number of nitrogens with zero attached hydrogens (tertiary/aromatic N) is 1. The van der Waals surface area contributed by atoms with Crippen molar-refractivity contribution < 1.29 is 4.79 Å². The molecular weight excluding hydrogens is 248 g/mol. The first-order valence-corrected chi connectivity index (χ1v) is 7.62. The molecule has 1 spiro atoms. The van der Waals surface area contributed by atoms with Gasteiger partial charge in [0.05, 0.1) is 0 Å². The van der Waals surface area contributed by atoms with Crippen LogP contribution in [0, 0.1) is 12.8 Å². The number of aryl methyl sites for hydroxylation is 1. The molecule has 1 aliphatic heterocycles. The molecular formula is C17H24N2O. The van der Waals surface area contributed by atoms with Crippen LogP contribution in [0.2, 0.25) is 0 Å². The maximum atomic E-state index is 12.7. The van der Waals surface area contributed by atoms with Crippen molar-refractivity contribution in [2.45, 2.75) is 58.3 Å². The van der Waals surface area contributed by atoms with E-state index < -0.39 is 0 Å². The quantitative estimate of drug-likeness (QED) is 0.917. The average molecular weight is 272 g/mol. The highest BCUT2D eigenvalue weighted by Gasteiger charge is 2.60. The molecule has 0 radical (unpaired) electrons. The summed E-state index contributed by atoms with van der Waals surface area (Å²) in [5, 5.41) is 3.59. The van der Waals surface area contributed by atoms with Crippen molar-refractivity contribution in [3.8, 4) is 0 Å². The third-order valence-electron chi connectivity index (χ3n) is 4.88. The Morgan fingerprint density at radius 3 is 2.30 bits per heavy atom. The fourth-order valence-corrected chi connectivity index (χ4v) is 2.97. The summed E-state index contributed by atoms with van der Waals surface area (Å²) in [5.74, 6) is 0.756. The molecule has 0 aromatic heterocycles. The largest absolute Gasteiger partial charge is 0.318 e. The molecule has 1 aromatic carbocycles. The summed E-state index contributed by atoms with van der Waals surface area (Å²) in [6.07, 6.45) is 1.99. The molecule has 1 N–H and O–H groups in total. The van der Waals surface area contributed by atoms with Gasteiger partial charge in [0, 0.05) is 6.04 Å². The predicted octanol–water partition coefficient (Wildman–Crippen LogP) is 3.00. The molecule has 1 amide bonds. The SMILES string of the molecule is Cc1ccc(C2NC3(CC3)C(=O)N2C(C)C(C)C)cc1. The Balaban J connectivity index is 1.95. The lowest BCUT2D eigenvalue weighted by Gasteiger charge is -2.33. The fourth-order valence-electron chi connectivity index (χ4n) is 2.97. The van der Waals surface area contributed by atoms with Crippen LogP contribution in [0.1, 0.15) is 50.9 Å². The summed E-state index contributed by atoms with van der Waals surface area (Å²) in [7, 11) is 0. The van der Waals surface area contributed by atoms with E-state index >= 15 is 0 Å². The molecule has 2 unspecified atom stereocenters. The van der Waals surface area contributed by atoms with Crippen molar-refractivity contribution in [1.29, 1.82) is 0 Å². The van der Waals surface area contributed by atoms with Crippen LogP contribution in [0.3, 0.4) is 0 Å². The van der Waals surface area contributed by atoms with Crippen LogP contribution >= 0.6 is 0 Å². The van der Waals surface area contributed by atoms with Gasteiger partial charge in [-0.25, -0.2) is 0 Å². The Bertz CT molecular complexity index is 516. The Kier molecular flexibility index (Phi) is 3.13. The smallest absolute Gasteiger partial charge is 0.244 e. The second-order valence-electron chi connectivity index (χ2n) is 6.74. The summed E-state index contributed by atoms with van der Waals surface area (Å²) >= 11 is 0. The number of carbonyl (C=O) groups is 1. The van der Waals surface area contributed by atoms with Crippen molar-refractivity contribution in [3.05, 3.63) is 35.4 Å². The number of hydrogen-bond donors (Lipinski definition) is 1. The van der Waals surface area contributed by atoms with Gasteiger partial charge >= 0.3 is 0 Å². The van der Waals surface area contributed by atoms with Gasteiger partial charge in [-0.2, -0.15) is 0 Å².